The van der Waals surface area contributed by atoms with Gasteiger partial charge >= 0.3 is 12.0 Å². The Morgan fingerprint density at radius 1 is 1.00 bits per heavy atom. The lowest BCUT2D eigenvalue weighted by molar-refractivity contribution is -0.145. The van der Waals surface area contributed by atoms with Crippen molar-refractivity contribution in [1.82, 2.24) is 39.4 Å². The molecule has 0 radical (unpaired) electrons. The molecule has 18 nitrogen and oxygen atoms in total. The maximum Gasteiger partial charge on any atom is 0.330 e. The van der Waals surface area contributed by atoms with E-state index >= 15 is 4.79 Å². The van der Waals surface area contributed by atoms with Crippen LogP contribution in [0.1, 0.15) is 118 Å². The van der Waals surface area contributed by atoms with Gasteiger partial charge in [-0.05, 0) is 90.2 Å². The summed E-state index contributed by atoms with van der Waals surface area (Å²) in [5.74, 6) is -1.60. The van der Waals surface area contributed by atoms with Gasteiger partial charge in [0.25, 0.3) is 10.2 Å². The van der Waals surface area contributed by atoms with E-state index in [-0.39, 0.29) is 44.4 Å². The highest BCUT2D eigenvalue weighted by molar-refractivity contribution is 7.86. The van der Waals surface area contributed by atoms with Crippen LogP contribution in [0.2, 0.25) is 0 Å². The lowest BCUT2D eigenvalue weighted by atomic mass is 9.70. The Labute approximate surface area is 415 Å². The number of carboxylic acids is 1. The first kappa shape index (κ1) is 51.3. The number of thiazole rings is 1. The summed E-state index contributed by atoms with van der Waals surface area (Å²) in [7, 11) is -2.21. The molecule has 2 aromatic heterocycles. The third-order valence-electron chi connectivity index (χ3n) is 14.9. The summed E-state index contributed by atoms with van der Waals surface area (Å²) in [5.41, 5.74) is -0.147. The largest absolute Gasteiger partial charge is 0.497 e. The molecule has 0 bridgehead atoms. The van der Waals surface area contributed by atoms with E-state index in [0.717, 1.165) is 50.1 Å². The summed E-state index contributed by atoms with van der Waals surface area (Å²) in [6.07, 6.45) is 11.7. The number of amides is 4. The number of urea groups is 1. The topological polar surface area (TPSA) is 225 Å². The van der Waals surface area contributed by atoms with Crippen LogP contribution in [0, 0.1) is 11.3 Å². The quantitative estimate of drug-likeness (QED) is 0.113. The monoisotopic (exact) mass is 1010 g/mol. The number of hydrogen-bond donors (Lipinski definition) is 5. The van der Waals surface area contributed by atoms with Crippen LogP contribution in [0.15, 0.2) is 41.8 Å². The third kappa shape index (κ3) is 11.2. The van der Waals surface area contributed by atoms with Crippen molar-refractivity contribution in [2.75, 3.05) is 38.6 Å². The Morgan fingerprint density at radius 2 is 1.77 bits per heavy atom. The number of pyridine rings is 1. The van der Waals surface area contributed by atoms with E-state index in [1.165, 1.54) is 24.8 Å². The van der Waals surface area contributed by atoms with Gasteiger partial charge in [-0.3, -0.25) is 9.59 Å². The molecule has 3 aromatic rings. The molecule has 20 heteroatoms. The predicted octanol–water partition coefficient (Wildman–Crippen LogP) is 6.68. The molecule has 2 saturated heterocycles. The van der Waals surface area contributed by atoms with Gasteiger partial charge in [0, 0.05) is 73.0 Å². The van der Waals surface area contributed by atoms with Crippen molar-refractivity contribution in [3.8, 4) is 22.9 Å². The van der Waals surface area contributed by atoms with Crippen LogP contribution < -0.4 is 30.7 Å². The predicted molar refractivity (Wildman–Crippen MR) is 269 cm³/mol. The number of allylic oxidation sites excluding steroid dienone is 1. The van der Waals surface area contributed by atoms with Crippen molar-refractivity contribution in [2.24, 2.45) is 11.3 Å². The van der Waals surface area contributed by atoms with Crippen LogP contribution in [-0.4, -0.2) is 136 Å². The smallest absolute Gasteiger partial charge is 0.330 e. The minimum Gasteiger partial charge on any atom is -0.497 e. The lowest BCUT2D eigenvalue weighted by Gasteiger charge is -2.45. The van der Waals surface area contributed by atoms with Crippen molar-refractivity contribution in [3.63, 3.8) is 0 Å². The Hall–Kier alpha value is -5.05. The summed E-state index contributed by atoms with van der Waals surface area (Å²) < 4.78 is 43.2. The lowest BCUT2D eigenvalue weighted by Crippen LogP contribution is -2.61. The van der Waals surface area contributed by atoms with E-state index in [1.54, 1.807) is 25.3 Å². The highest BCUT2D eigenvalue weighted by Gasteiger charge is 2.61. The van der Waals surface area contributed by atoms with E-state index in [1.807, 2.05) is 51.3 Å². The molecular weight excluding hydrogens is 935 g/mol. The van der Waals surface area contributed by atoms with Gasteiger partial charge in [0.2, 0.25) is 11.8 Å². The van der Waals surface area contributed by atoms with Gasteiger partial charge < -0.3 is 40.7 Å². The molecular formula is C50H71N9O9S2. The van der Waals surface area contributed by atoms with Crippen LogP contribution >= 0.6 is 11.3 Å². The molecule has 4 amide bonds. The minimum atomic E-state index is -3.79. The van der Waals surface area contributed by atoms with Crippen molar-refractivity contribution in [1.29, 1.82) is 0 Å². The zero-order valence-electron chi connectivity index (χ0n) is 41.4. The molecule has 6 atom stereocenters. The fourth-order valence-electron chi connectivity index (χ4n) is 10.8. The first-order valence-corrected chi connectivity index (χ1v) is 27.4. The molecule has 70 heavy (non-hydrogen) atoms. The highest BCUT2D eigenvalue weighted by atomic mass is 32.2. The van der Waals surface area contributed by atoms with E-state index < -0.39 is 75.1 Å². The van der Waals surface area contributed by atoms with Crippen LogP contribution in [0.4, 0.5) is 9.93 Å². The fraction of sp³-hybridized carbons (Fsp3) is 0.640. The Morgan fingerprint density at radius 3 is 2.50 bits per heavy atom. The van der Waals surface area contributed by atoms with Crippen molar-refractivity contribution >= 4 is 61.4 Å². The van der Waals surface area contributed by atoms with Crippen molar-refractivity contribution in [3.05, 3.63) is 41.8 Å². The number of nitrogens with one attached hydrogen (secondary N) is 4. The van der Waals surface area contributed by atoms with Crippen molar-refractivity contribution < 1.29 is 42.2 Å². The van der Waals surface area contributed by atoms with E-state index in [2.05, 4.69) is 28.2 Å². The molecule has 5 aliphatic rings. The molecule has 8 rings (SSSR count). The Balaban J connectivity index is 1.09. The van der Waals surface area contributed by atoms with Gasteiger partial charge in [0.1, 0.15) is 40.9 Å². The fourth-order valence-corrected chi connectivity index (χ4v) is 13.5. The number of hydrogen-bond acceptors (Lipinski definition) is 12. The summed E-state index contributed by atoms with van der Waals surface area (Å²) in [4.78, 5) is 68.2. The highest BCUT2D eigenvalue weighted by Crippen LogP contribution is 2.46. The second-order valence-electron chi connectivity index (χ2n) is 20.7. The van der Waals surface area contributed by atoms with Gasteiger partial charge in [-0.15, -0.1) is 11.3 Å². The molecule has 0 spiro atoms. The molecule has 4 fully saturated rings. The average molecular weight is 1010 g/mol. The molecule has 3 aliphatic heterocycles. The number of fused-ring (bicyclic) bond motifs is 3. The summed E-state index contributed by atoms with van der Waals surface area (Å²) >= 11 is 1.46. The summed E-state index contributed by atoms with van der Waals surface area (Å²) in [5, 5.41) is 26.2. The second kappa shape index (κ2) is 21.3. The van der Waals surface area contributed by atoms with Gasteiger partial charge in [-0.25, -0.2) is 19.6 Å². The number of rotatable bonds is 13. The SMILES string of the molecule is COc1ccc2c(O[C@@H]3C[C@H]4C(=O)N[C@]5(C(=O)O)CC5/C=C\CCCCC[C@H](NC(=O)N[C@H](CN5CCCN(C(C)C)S5(=O)=O)C5(C)CCCCC5)C(=O)N4C3)cc(-c3csc(NC(C)C)n3)nc2c1. The number of ether oxygens (including phenoxy) is 2. The first-order valence-electron chi connectivity index (χ1n) is 25.1. The molecule has 2 aliphatic carbocycles. The normalized spacial score (nSPS) is 27.3. The van der Waals surface area contributed by atoms with Gasteiger partial charge in [0.15, 0.2) is 5.13 Å². The second-order valence-corrected chi connectivity index (χ2v) is 23.5. The number of anilines is 1. The average Bonchev–Trinajstić information content (AvgIpc) is 3.57. The number of carbonyl (C=O) groups is 4. The maximum atomic E-state index is 15.2. The first-order chi connectivity index (χ1) is 33.4. The number of nitrogens with zero attached hydrogens (tertiary/aromatic N) is 5. The number of carbonyl (C=O) groups excluding carboxylic acids is 3. The van der Waals surface area contributed by atoms with E-state index in [4.69, 9.17) is 19.4 Å². The van der Waals surface area contributed by atoms with Gasteiger partial charge in [-0.2, -0.15) is 17.0 Å². The van der Waals surface area contributed by atoms with Gasteiger partial charge in [0.05, 0.1) is 24.9 Å². The number of methoxy groups -OCH3 is 1. The van der Waals surface area contributed by atoms with Crippen LogP contribution in [-0.2, 0) is 24.6 Å². The molecule has 2 saturated carbocycles. The number of aliphatic carboxylic acids is 1. The Bertz CT molecular complexity index is 2550. The summed E-state index contributed by atoms with van der Waals surface area (Å²) in [6, 6.07) is 3.87. The maximum absolute atomic E-state index is 15.2. The zero-order chi connectivity index (χ0) is 50.0. The number of aromatic nitrogens is 2. The number of carboxylic acid groups (broad SMARTS) is 1. The molecule has 1 unspecified atom stereocenters. The third-order valence-corrected chi connectivity index (χ3v) is 17.8. The Kier molecular flexibility index (Phi) is 15.6. The molecule has 5 N–H and O–H groups in total. The standard InChI is InChI=1S/C50H71N9O9S2/c1-31(2)51-48-54-40(30-69-48)39-26-42(36-19-18-34(67-6)24-38(36)52-39)68-35-25-41-44(60)56-50(46(62)63)27-33(50)16-11-8-7-9-12-17-37(45(61)58(41)28-35)53-47(64)55-43(49(5)20-13-10-14-21-49)29-57-22-15-23-59(32(3)4)70(57,65)66/h11,16,18-19,24,26,30-33,35,37,41,43H,7-10,12-15,17,20-23,25,27-29H2,1-6H3,(H,51,54)(H,56,60)(H,62,63)(H2,53,55,64)/b16-11-/t33?,35-,37+,41+,43-,50-/m1/s1. The van der Waals surface area contributed by atoms with Crippen LogP contribution in [0.5, 0.6) is 11.5 Å². The number of benzene rings is 1. The molecule has 382 valence electrons. The van der Waals surface area contributed by atoms with Crippen LogP contribution in [0.25, 0.3) is 22.3 Å². The molecule has 1 aromatic carbocycles. The summed E-state index contributed by atoms with van der Waals surface area (Å²) in [6.45, 7) is 10.7. The van der Waals surface area contributed by atoms with E-state index in [0.29, 0.717) is 66.1 Å². The molecule has 5 heterocycles. The zero-order valence-corrected chi connectivity index (χ0v) is 43.0. The van der Waals surface area contributed by atoms with Crippen LogP contribution in [0.3, 0.4) is 0 Å². The van der Waals surface area contributed by atoms with E-state index in [9.17, 15) is 27.9 Å². The minimum absolute atomic E-state index is 0.0333. The van der Waals surface area contributed by atoms with Crippen molar-refractivity contribution in [2.45, 2.75) is 160 Å². The van der Waals surface area contributed by atoms with Gasteiger partial charge in [-0.1, -0.05) is 51.2 Å².